The van der Waals surface area contributed by atoms with Gasteiger partial charge in [0.05, 0.1) is 6.04 Å². The number of hydrogen-bond donors (Lipinski definition) is 1. The third kappa shape index (κ3) is 4.98. The van der Waals surface area contributed by atoms with Gasteiger partial charge in [0.2, 0.25) is 5.91 Å². The monoisotopic (exact) mass is 359 g/mol. The van der Waals surface area contributed by atoms with Gasteiger partial charge in [-0.1, -0.05) is 38.5 Å². The van der Waals surface area contributed by atoms with Crippen LogP contribution in [0.25, 0.3) is 0 Å². The van der Waals surface area contributed by atoms with E-state index in [4.69, 9.17) is 4.74 Å². The number of nitrogens with zero attached hydrogens (tertiary/aromatic N) is 2. The summed E-state index contributed by atoms with van der Waals surface area (Å²) in [6.07, 6.45) is 3.98. The summed E-state index contributed by atoms with van der Waals surface area (Å²) in [5, 5.41) is 3.00. The zero-order valence-electron chi connectivity index (χ0n) is 16.2. The lowest BCUT2D eigenvalue weighted by atomic mass is 9.99. The third-order valence-electron chi connectivity index (χ3n) is 5.45. The van der Waals surface area contributed by atoms with Gasteiger partial charge in [-0.3, -0.25) is 14.6 Å². The number of carbonyl (C=O) groups is 1. The summed E-state index contributed by atoms with van der Waals surface area (Å²) in [7, 11) is 0. The predicted octanol–water partition coefficient (Wildman–Crippen LogP) is 2.51. The molecule has 1 aromatic carbocycles. The fraction of sp³-hybridized carbons (Fsp3) is 0.667. The molecule has 26 heavy (non-hydrogen) atoms. The van der Waals surface area contributed by atoms with Crippen molar-refractivity contribution in [3.8, 4) is 5.75 Å². The first kappa shape index (κ1) is 19.2. The van der Waals surface area contributed by atoms with Crippen molar-refractivity contribution in [1.29, 1.82) is 0 Å². The number of hydrogen-bond acceptors (Lipinski definition) is 4. The largest absolute Gasteiger partial charge is 0.492 e. The van der Waals surface area contributed by atoms with Crippen LogP contribution >= 0.6 is 0 Å². The second-order valence-corrected chi connectivity index (χ2v) is 7.81. The van der Waals surface area contributed by atoms with Gasteiger partial charge in [-0.05, 0) is 37.9 Å². The highest BCUT2D eigenvalue weighted by Crippen LogP contribution is 2.23. The fourth-order valence-electron chi connectivity index (χ4n) is 4.10. The molecule has 144 valence electrons. The summed E-state index contributed by atoms with van der Waals surface area (Å²) in [6, 6.07) is 8.20. The highest BCUT2D eigenvalue weighted by atomic mass is 16.5. The molecule has 1 aromatic rings. The number of piperazine rings is 1. The first-order valence-corrected chi connectivity index (χ1v) is 10.1. The van der Waals surface area contributed by atoms with Crippen molar-refractivity contribution in [2.45, 2.75) is 45.7 Å². The molecule has 0 aromatic heterocycles. The Morgan fingerprint density at radius 3 is 2.69 bits per heavy atom. The smallest absolute Gasteiger partial charge is 0.237 e. The Hall–Kier alpha value is -1.59. The molecule has 0 spiro atoms. The van der Waals surface area contributed by atoms with Gasteiger partial charge in [0.15, 0.2) is 0 Å². The van der Waals surface area contributed by atoms with E-state index in [1.807, 2.05) is 6.07 Å². The molecule has 2 heterocycles. The van der Waals surface area contributed by atoms with Crippen LogP contribution in [0.1, 0.15) is 38.7 Å². The highest BCUT2D eigenvalue weighted by Gasteiger charge is 2.32. The molecule has 0 unspecified atom stereocenters. The van der Waals surface area contributed by atoms with E-state index >= 15 is 0 Å². The Morgan fingerprint density at radius 1 is 1.15 bits per heavy atom. The zero-order valence-corrected chi connectivity index (χ0v) is 16.2. The molecule has 0 saturated carbocycles. The van der Waals surface area contributed by atoms with Crippen LogP contribution in [-0.2, 0) is 11.3 Å². The molecule has 5 heteroatoms. The van der Waals surface area contributed by atoms with E-state index in [0.717, 1.165) is 38.5 Å². The van der Waals surface area contributed by atoms with Gasteiger partial charge in [-0.15, -0.1) is 0 Å². The highest BCUT2D eigenvalue weighted by molar-refractivity contribution is 5.82. The predicted molar refractivity (Wildman–Crippen MR) is 104 cm³/mol. The number of para-hydroxylation sites is 1. The van der Waals surface area contributed by atoms with E-state index in [-0.39, 0.29) is 11.9 Å². The Morgan fingerprint density at radius 2 is 1.92 bits per heavy atom. The van der Waals surface area contributed by atoms with Crippen molar-refractivity contribution < 1.29 is 9.53 Å². The molecule has 0 bridgehead atoms. The molecule has 2 aliphatic rings. The van der Waals surface area contributed by atoms with Crippen molar-refractivity contribution in [3.05, 3.63) is 29.8 Å². The van der Waals surface area contributed by atoms with Crippen LogP contribution in [0.3, 0.4) is 0 Å². The number of piperidine rings is 1. The standard InChI is InChI=1S/C21H33N3O2/c1-17(2)20-21(25)22-10-13-24(20)16-18-8-4-5-9-19(18)26-15-14-23-11-6-3-7-12-23/h4-5,8-9,17,20H,3,6-7,10-16H2,1-2H3,(H,22,25)/t20-/m1/s1. The molecule has 2 fully saturated rings. The van der Waals surface area contributed by atoms with Gasteiger partial charge in [0.1, 0.15) is 12.4 Å². The van der Waals surface area contributed by atoms with Gasteiger partial charge in [0, 0.05) is 31.7 Å². The van der Waals surface area contributed by atoms with Crippen molar-refractivity contribution in [2.75, 3.05) is 39.3 Å². The van der Waals surface area contributed by atoms with Gasteiger partial charge >= 0.3 is 0 Å². The minimum absolute atomic E-state index is 0.0647. The summed E-state index contributed by atoms with van der Waals surface area (Å²) in [5.41, 5.74) is 1.17. The first-order chi connectivity index (χ1) is 12.6. The van der Waals surface area contributed by atoms with Crippen LogP contribution in [0.4, 0.5) is 0 Å². The second-order valence-electron chi connectivity index (χ2n) is 7.81. The van der Waals surface area contributed by atoms with Crippen LogP contribution in [-0.4, -0.2) is 61.1 Å². The summed E-state index contributed by atoms with van der Waals surface area (Å²) in [6.45, 7) is 10.7. The summed E-state index contributed by atoms with van der Waals surface area (Å²) in [4.78, 5) is 17.1. The number of ether oxygens (including phenoxy) is 1. The molecule has 3 rings (SSSR count). The third-order valence-corrected chi connectivity index (χ3v) is 5.45. The van der Waals surface area contributed by atoms with Crippen LogP contribution in [0.15, 0.2) is 24.3 Å². The van der Waals surface area contributed by atoms with E-state index in [1.165, 1.54) is 37.9 Å². The molecule has 2 saturated heterocycles. The molecule has 1 N–H and O–H groups in total. The normalized spacial score (nSPS) is 22.4. The average Bonchev–Trinajstić information content (AvgIpc) is 2.64. The summed E-state index contributed by atoms with van der Waals surface area (Å²) >= 11 is 0. The number of rotatable bonds is 7. The van der Waals surface area contributed by atoms with E-state index in [9.17, 15) is 4.79 Å². The van der Waals surface area contributed by atoms with Crippen LogP contribution < -0.4 is 10.1 Å². The van der Waals surface area contributed by atoms with Gasteiger partial charge in [-0.25, -0.2) is 0 Å². The van der Waals surface area contributed by atoms with Crippen LogP contribution in [0.2, 0.25) is 0 Å². The number of benzene rings is 1. The molecular formula is C21H33N3O2. The molecule has 1 amide bonds. The second kappa shape index (κ2) is 9.38. The van der Waals surface area contributed by atoms with E-state index < -0.39 is 0 Å². The maximum Gasteiger partial charge on any atom is 0.237 e. The van der Waals surface area contributed by atoms with Crippen molar-refractivity contribution in [2.24, 2.45) is 5.92 Å². The topological polar surface area (TPSA) is 44.8 Å². The quantitative estimate of drug-likeness (QED) is 0.812. The molecule has 5 nitrogen and oxygen atoms in total. The average molecular weight is 360 g/mol. The lowest BCUT2D eigenvalue weighted by Gasteiger charge is -2.37. The number of amides is 1. The minimum atomic E-state index is -0.0647. The lowest BCUT2D eigenvalue weighted by molar-refractivity contribution is -0.131. The molecule has 0 aliphatic carbocycles. The Balaban J connectivity index is 1.60. The van der Waals surface area contributed by atoms with Crippen LogP contribution in [0.5, 0.6) is 5.75 Å². The van der Waals surface area contributed by atoms with Crippen molar-refractivity contribution in [1.82, 2.24) is 15.1 Å². The van der Waals surface area contributed by atoms with E-state index in [0.29, 0.717) is 5.92 Å². The Bertz CT molecular complexity index is 584. The zero-order chi connectivity index (χ0) is 18.4. The van der Waals surface area contributed by atoms with E-state index in [1.54, 1.807) is 0 Å². The summed E-state index contributed by atoms with van der Waals surface area (Å²) < 4.78 is 6.14. The fourth-order valence-corrected chi connectivity index (χ4v) is 4.10. The maximum atomic E-state index is 12.3. The van der Waals surface area contributed by atoms with Crippen molar-refractivity contribution >= 4 is 5.91 Å². The number of likely N-dealkylation sites (tertiary alicyclic amines) is 1. The van der Waals surface area contributed by atoms with E-state index in [2.05, 4.69) is 47.2 Å². The molecule has 1 atom stereocenters. The molecule has 0 radical (unpaired) electrons. The molecular weight excluding hydrogens is 326 g/mol. The number of carbonyl (C=O) groups excluding carboxylic acids is 1. The van der Waals surface area contributed by atoms with Crippen LogP contribution in [0, 0.1) is 5.92 Å². The SMILES string of the molecule is CC(C)[C@@H]1C(=O)NCCN1Cc1ccccc1OCCN1CCCCC1. The number of nitrogens with one attached hydrogen (secondary N) is 1. The Labute approximate surface area is 157 Å². The van der Waals surface area contributed by atoms with Gasteiger partial charge in [-0.2, -0.15) is 0 Å². The van der Waals surface area contributed by atoms with Crippen molar-refractivity contribution in [3.63, 3.8) is 0 Å². The lowest BCUT2D eigenvalue weighted by Crippen LogP contribution is -2.56. The maximum absolute atomic E-state index is 12.3. The molecule has 2 aliphatic heterocycles. The van der Waals surface area contributed by atoms with Gasteiger partial charge < -0.3 is 10.1 Å². The van der Waals surface area contributed by atoms with Gasteiger partial charge in [0.25, 0.3) is 0 Å². The first-order valence-electron chi connectivity index (χ1n) is 10.1. The minimum Gasteiger partial charge on any atom is -0.492 e. The Kier molecular flexibility index (Phi) is 6.92. The summed E-state index contributed by atoms with van der Waals surface area (Å²) in [5.74, 6) is 1.40.